The lowest BCUT2D eigenvalue weighted by molar-refractivity contribution is -0.126. The molecule has 130 valence electrons. The summed E-state index contributed by atoms with van der Waals surface area (Å²) in [4.78, 5) is 12.8. The van der Waals surface area contributed by atoms with E-state index in [1.807, 2.05) is 6.92 Å². The quantitative estimate of drug-likeness (QED) is 0.826. The maximum absolute atomic E-state index is 12.8. The van der Waals surface area contributed by atoms with Crippen LogP contribution >= 0.6 is 11.8 Å². The molecule has 1 heterocycles. The fraction of sp³-hybridized carbons (Fsp3) is 0.833. The van der Waals surface area contributed by atoms with E-state index in [0.29, 0.717) is 11.1 Å². The molecule has 4 bridgehead atoms. The minimum Gasteiger partial charge on any atom is -0.416 e. The van der Waals surface area contributed by atoms with Crippen LogP contribution in [-0.4, -0.2) is 26.9 Å². The van der Waals surface area contributed by atoms with Gasteiger partial charge >= 0.3 is 0 Å². The Labute approximate surface area is 146 Å². The first-order valence-electron chi connectivity index (χ1n) is 9.41. The smallest absolute Gasteiger partial charge is 0.277 e. The molecule has 0 unspecified atom stereocenters. The van der Waals surface area contributed by atoms with Crippen LogP contribution in [0.5, 0.6) is 0 Å². The highest BCUT2D eigenvalue weighted by Crippen LogP contribution is 2.55. The van der Waals surface area contributed by atoms with E-state index in [2.05, 4.69) is 15.5 Å². The van der Waals surface area contributed by atoms with E-state index >= 15 is 0 Å². The number of hydrogen-bond acceptors (Lipinski definition) is 5. The Morgan fingerprint density at radius 1 is 1.17 bits per heavy atom. The number of aromatic nitrogens is 2. The first-order chi connectivity index (χ1) is 11.6. The summed E-state index contributed by atoms with van der Waals surface area (Å²) in [6, 6.07) is 0. The minimum absolute atomic E-state index is 0.0780. The third-order valence-electron chi connectivity index (χ3n) is 6.42. The molecule has 1 atom stereocenters. The van der Waals surface area contributed by atoms with E-state index in [-0.39, 0.29) is 16.7 Å². The van der Waals surface area contributed by atoms with E-state index < -0.39 is 0 Å². The standard InChI is InChI=1S/C18H25N3O2S/c1-10(24-17-21-20-16(23-17)14-2-3-14)15(22)19-18-7-11-4-12(8-18)6-13(5-11)9-18/h10-14H,2-9H2,1H3,(H,19,22)/t10-,11?,12?,13?,18?/m1/s1. The molecule has 0 aromatic carbocycles. The summed E-state index contributed by atoms with van der Waals surface area (Å²) < 4.78 is 5.68. The molecule has 1 aromatic heterocycles. The number of hydrogen-bond donors (Lipinski definition) is 1. The molecule has 1 N–H and O–H groups in total. The van der Waals surface area contributed by atoms with Gasteiger partial charge in [-0.2, -0.15) is 0 Å². The predicted octanol–water partition coefficient (Wildman–Crippen LogP) is 3.51. The van der Waals surface area contributed by atoms with Crippen LogP contribution in [-0.2, 0) is 4.79 Å². The van der Waals surface area contributed by atoms with Crippen molar-refractivity contribution in [3.63, 3.8) is 0 Å². The van der Waals surface area contributed by atoms with Crippen molar-refractivity contribution in [2.24, 2.45) is 17.8 Å². The molecule has 0 radical (unpaired) electrons. The van der Waals surface area contributed by atoms with Crippen LogP contribution in [0, 0.1) is 17.8 Å². The molecule has 5 nitrogen and oxygen atoms in total. The van der Waals surface area contributed by atoms with Gasteiger partial charge < -0.3 is 9.73 Å². The molecule has 1 amide bonds. The molecule has 6 rings (SSSR count). The number of carbonyl (C=O) groups excluding carboxylic acids is 1. The molecule has 5 aliphatic rings. The van der Waals surface area contributed by atoms with Crippen LogP contribution in [0.2, 0.25) is 0 Å². The SMILES string of the molecule is C[C@@H](Sc1nnc(C2CC2)o1)C(=O)NC12CC3CC(CC(C3)C1)C2. The number of nitrogens with one attached hydrogen (secondary N) is 1. The average Bonchev–Trinajstić information content (AvgIpc) is 3.25. The topological polar surface area (TPSA) is 68.0 Å². The van der Waals surface area contributed by atoms with Gasteiger partial charge in [0.05, 0.1) is 5.25 Å². The van der Waals surface area contributed by atoms with Gasteiger partial charge in [0, 0.05) is 11.5 Å². The Kier molecular flexibility index (Phi) is 3.48. The predicted molar refractivity (Wildman–Crippen MR) is 90.6 cm³/mol. The van der Waals surface area contributed by atoms with Gasteiger partial charge in [-0.05, 0) is 76.0 Å². The summed E-state index contributed by atoms with van der Waals surface area (Å²) in [5.74, 6) is 3.87. The van der Waals surface area contributed by atoms with E-state index in [9.17, 15) is 4.79 Å². The van der Waals surface area contributed by atoms with Gasteiger partial charge in [0.1, 0.15) is 0 Å². The molecule has 0 saturated heterocycles. The fourth-order valence-corrected chi connectivity index (χ4v) is 6.28. The molecule has 5 saturated carbocycles. The molecule has 24 heavy (non-hydrogen) atoms. The van der Waals surface area contributed by atoms with E-state index in [1.165, 1.54) is 50.3 Å². The molecule has 0 aliphatic heterocycles. The number of nitrogens with zero attached hydrogens (tertiary/aromatic N) is 2. The molecule has 6 heteroatoms. The molecule has 5 fully saturated rings. The summed E-state index contributed by atoms with van der Waals surface area (Å²) in [5.41, 5.74) is 0.0780. The van der Waals surface area contributed by atoms with Crippen LogP contribution in [0.3, 0.4) is 0 Å². The Morgan fingerprint density at radius 2 is 1.79 bits per heavy atom. The highest BCUT2D eigenvalue weighted by atomic mass is 32.2. The van der Waals surface area contributed by atoms with Crippen LogP contribution in [0.25, 0.3) is 0 Å². The number of rotatable bonds is 5. The molecule has 1 aromatic rings. The van der Waals surface area contributed by atoms with Gasteiger partial charge in [-0.15, -0.1) is 10.2 Å². The Hall–Kier alpha value is -1.04. The average molecular weight is 347 g/mol. The summed E-state index contributed by atoms with van der Waals surface area (Å²) in [6.45, 7) is 1.95. The summed E-state index contributed by atoms with van der Waals surface area (Å²) >= 11 is 1.39. The second-order valence-electron chi connectivity index (χ2n) is 8.63. The monoisotopic (exact) mass is 347 g/mol. The second kappa shape index (κ2) is 5.48. The van der Waals surface area contributed by atoms with E-state index in [1.54, 1.807) is 0 Å². The highest BCUT2D eigenvalue weighted by Gasteiger charge is 2.51. The van der Waals surface area contributed by atoms with Gasteiger partial charge in [-0.3, -0.25) is 4.79 Å². The zero-order chi connectivity index (χ0) is 16.3. The van der Waals surface area contributed by atoms with Crippen molar-refractivity contribution >= 4 is 17.7 Å². The van der Waals surface area contributed by atoms with Gasteiger partial charge in [-0.25, -0.2) is 0 Å². The summed E-state index contributed by atoms with van der Waals surface area (Å²) in [7, 11) is 0. The zero-order valence-electron chi connectivity index (χ0n) is 14.2. The zero-order valence-corrected chi connectivity index (χ0v) is 15.0. The lowest BCUT2D eigenvalue weighted by atomic mass is 9.53. The van der Waals surface area contributed by atoms with Gasteiger partial charge in [0.2, 0.25) is 11.8 Å². The van der Waals surface area contributed by atoms with Crippen LogP contribution in [0.4, 0.5) is 0 Å². The van der Waals surface area contributed by atoms with Crippen molar-refractivity contribution in [1.29, 1.82) is 0 Å². The lowest BCUT2D eigenvalue weighted by Crippen LogP contribution is -2.60. The Morgan fingerprint density at radius 3 is 2.38 bits per heavy atom. The van der Waals surface area contributed by atoms with Crippen molar-refractivity contribution < 1.29 is 9.21 Å². The van der Waals surface area contributed by atoms with Crippen LogP contribution < -0.4 is 5.32 Å². The summed E-state index contributed by atoms with van der Waals surface area (Å²) in [6.07, 6.45) is 10.0. The lowest BCUT2D eigenvalue weighted by Gasteiger charge is -2.57. The Bertz CT molecular complexity index is 619. The van der Waals surface area contributed by atoms with Crippen molar-refractivity contribution in [3.8, 4) is 0 Å². The molecular formula is C18H25N3O2S. The van der Waals surface area contributed by atoms with Gasteiger partial charge in [0.15, 0.2) is 0 Å². The highest BCUT2D eigenvalue weighted by molar-refractivity contribution is 8.00. The fourth-order valence-electron chi connectivity index (χ4n) is 5.59. The van der Waals surface area contributed by atoms with Crippen molar-refractivity contribution in [2.45, 2.75) is 80.2 Å². The third kappa shape index (κ3) is 2.76. The maximum atomic E-state index is 12.8. The van der Waals surface area contributed by atoms with Crippen LogP contribution in [0.15, 0.2) is 9.64 Å². The first kappa shape index (κ1) is 15.2. The molecule has 5 aliphatic carbocycles. The largest absolute Gasteiger partial charge is 0.416 e. The van der Waals surface area contributed by atoms with Crippen LogP contribution in [0.1, 0.15) is 70.1 Å². The van der Waals surface area contributed by atoms with Crippen molar-refractivity contribution in [1.82, 2.24) is 15.5 Å². The second-order valence-corrected chi connectivity index (χ2v) is 9.92. The number of thioether (sulfide) groups is 1. The minimum atomic E-state index is -0.189. The van der Waals surface area contributed by atoms with E-state index in [0.717, 1.165) is 36.5 Å². The van der Waals surface area contributed by atoms with Gasteiger partial charge in [0.25, 0.3) is 5.22 Å². The third-order valence-corrected chi connectivity index (χ3v) is 7.36. The number of amides is 1. The Balaban J connectivity index is 1.23. The van der Waals surface area contributed by atoms with Crippen molar-refractivity contribution in [2.75, 3.05) is 0 Å². The normalized spacial score (nSPS) is 38.3. The molecule has 0 spiro atoms. The number of carbonyl (C=O) groups is 1. The van der Waals surface area contributed by atoms with E-state index in [4.69, 9.17) is 4.42 Å². The maximum Gasteiger partial charge on any atom is 0.277 e. The van der Waals surface area contributed by atoms with Gasteiger partial charge in [-0.1, -0.05) is 11.8 Å². The summed E-state index contributed by atoms with van der Waals surface area (Å²) in [5, 5.41) is 12.0. The molecular weight excluding hydrogens is 322 g/mol. The van der Waals surface area contributed by atoms with Crippen molar-refractivity contribution in [3.05, 3.63) is 5.89 Å². The first-order valence-corrected chi connectivity index (χ1v) is 10.3.